The molecule has 14 heavy (non-hydrogen) atoms. The van der Waals surface area contributed by atoms with Gasteiger partial charge >= 0.3 is 0 Å². The fourth-order valence-electron chi connectivity index (χ4n) is 1.33. The molecule has 0 spiro atoms. The molecular formula is C12H15NO. The van der Waals surface area contributed by atoms with Gasteiger partial charge in [-0.15, -0.1) is 0 Å². The third-order valence-corrected chi connectivity index (χ3v) is 2.34. The highest BCUT2D eigenvalue weighted by atomic mass is 16.3. The number of aliphatic hydroxyl groups excluding tert-OH is 1. The molecule has 0 aliphatic carbocycles. The number of rotatable bonds is 3. The minimum atomic E-state index is -0.392. The minimum Gasteiger partial charge on any atom is -0.395 e. The zero-order chi connectivity index (χ0) is 10.6. The monoisotopic (exact) mass is 189 g/mol. The van der Waals surface area contributed by atoms with Crippen LogP contribution in [0.2, 0.25) is 0 Å². The third-order valence-electron chi connectivity index (χ3n) is 2.34. The van der Waals surface area contributed by atoms with Gasteiger partial charge in [-0.3, -0.25) is 0 Å². The summed E-state index contributed by atoms with van der Waals surface area (Å²) in [4.78, 5) is 0. The van der Waals surface area contributed by atoms with Gasteiger partial charge in [-0.05, 0) is 17.0 Å². The topological polar surface area (TPSA) is 44.0 Å². The van der Waals surface area contributed by atoms with Crippen molar-refractivity contribution < 1.29 is 5.11 Å². The molecular weight excluding hydrogens is 174 g/mol. The van der Waals surface area contributed by atoms with E-state index < -0.39 is 5.92 Å². The van der Waals surface area contributed by atoms with Crippen LogP contribution in [0.25, 0.3) is 0 Å². The van der Waals surface area contributed by atoms with E-state index in [9.17, 15) is 0 Å². The molecule has 0 aliphatic rings. The molecule has 0 bridgehead atoms. The van der Waals surface area contributed by atoms with Crippen molar-refractivity contribution in [3.63, 3.8) is 0 Å². The van der Waals surface area contributed by atoms with Gasteiger partial charge in [0.05, 0.1) is 18.6 Å². The van der Waals surface area contributed by atoms with E-state index in [0.717, 1.165) is 5.56 Å². The molecule has 0 fully saturated rings. The van der Waals surface area contributed by atoms with E-state index in [1.807, 2.05) is 24.3 Å². The Balaban J connectivity index is 2.88. The van der Waals surface area contributed by atoms with Crippen molar-refractivity contribution in [1.82, 2.24) is 0 Å². The van der Waals surface area contributed by atoms with Crippen LogP contribution in [0.1, 0.15) is 36.8 Å². The van der Waals surface area contributed by atoms with Gasteiger partial charge in [0.2, 0.25) is 0 Å². The Kier molecular flexibility index (Phi) is 3.67. The summed E-state index contributed by atoms with van der Waals surface area (Å²) in [5.74, 6) is 0.106. The van der Waals surface area contributed by atoms with E-state index in [0.29, 0.717) is 5.92 Å². The number of hydrogen-bond acceptors (Lipinski definition) is 2. The second-order valence-electron chi connectivity index (χ2n) is 3.69. The maximum atomic E-state index is 8.94. The minimum absolute atomic E-state index is 0.114. The number of nitriles is 1. The second-order valence-corrected chi connectivity index (χ2v) is 3.69. The lowest BCUT2D eigenvalue weighted by molar-refractivity contribution is 0.286. The lowest BCUT2D eigenvalue weighted by Crippen LogP contribution is -2.01. The smallest absolute Gasteiger partial charge is 0.0943 e. The van der Waals surface area contributed by atoms with Gasteiger partial charge < -0.3 is 5.11 Å². The quantitative estimate of drug-likeness (QED) is 0.793. The maximum absolute atomic E-state index is 8.94. The molecule has 1 N–H and O–H groups in total. The van der Waals surface area contributed by atoms with Crippen LogP contribution in [0.15, 0.2) is 24.3 Å². The molecule has 1 atom stereocenters. The van der Waals surface area contributed by atoms with E-state index in [1.165, 1.54) is 5.56 Å². The molecule has 0 aromatic heterocycles. The zero-order valence-electron chi connectivity index (χ0n) is 8.57. The molecule has 0 radical (unpaired) electrons. The molecule has 1 rings (SSSR count). The van der Waals surface area contributed by atoms with Gasteiger partial charge in [-0.1, -0.05) is 38.1 Å². The molecule has 2 heteroatoms. The summed E-state index contributed by atoms with van der Waals surface area (Å²) in [6, 6.07) is 9.93. The van der Waals surface area contributed by atoms with Gasteiger partial charge in [-0.25, -0.2) is 0 Å². The Morgan fingerprint density at radius 3 is 2.07 bits per heavy atom. The third kappa shape index (κ3) is 2.34. The largest absolute Gasteiger partial charge is 0.395 e. The summed E-state index contributed by atoms with van der Waals surface area (Å²) in [5.41, 5.74) is 2.14. The predicted molar refractivity (Wildman–Crippen MR) is 56.0 cm³/mol. The SMILES string of the molecule is CC(C)c1ccc(C(C#N)CO)cc1. The Morgan fingerprint density at radius 2 is 1.71 bits per heavy atom. The number of hydrogen-bond donors (Lipinski definition) is 1. The van der Waals surface area contributed by atoms with E-state index >= 15 is 0 Å². The summed E-state index contributed by atoms with van der Waals surface area (Å²) in [5, 5.41) is 17.7. The van der Waals surface area contributed by atoms with Crippen molar-refractivity contribution in [3.8, 4) is 6.07 Å². The van der Waals surface area contributed by atoms with Crippen LogP contribution in [-0.4, -0.2) is 11.7 Å². The lowest BCUT2D eigenvalue weighted by Gasteiger charge is -2.08. The van der Waals surface area contributed by atoms with Gasteiger partial charge in [-0.2, -0.15) is 5.26 Å². The summed E-state index contributed by atoms with van der Waals surface area (Å²) < 4.78 is 0. The molecule has 0 saturated carbocycles. The molecule has 1 aromatic rings. The van der Waals surface area contributed by atoms with Crippen molar-refractivity contribution in [2.75, 3.05) is 6.61 Å². The molecule has 0 heterocycles. The van der Waals surface area contributed by atoms with Crippen molar-refractivity contribution in [1.29, 1.82) is 5.26 Å². The van der Waals surface area contributed by atoms with Crippen molar-refractivity contribution >= 4 is 0 Å². The van der Waals surface area contributed by atoms with Crippen LogP contribution in [-0.2, 0) is 0 Å². The summed E-state index contributed by atoms with van der Waals surface area (Å²) in [7, 11) is 0. The molecule has 0 saturated heterocycles. The first kappa shape index (κ1) is 10.7. The van der Waals surface area contributed by atoms with E-state index in [2.05, 4.69) is 19.9 Å². The van der Waals surface area contributed by atoms with Gasteiger partial charge in [0.1, 0.15) is 0 Å². The first-order valence-electron chi connectivity index (χ1n) is 4.79. The fourth-order valence-corrected chi connectivity index (χ4v) is 1.33. The standard InChI is InChI=1S/C12H15NO/c1-9(2)10-3-5-11(6-4-10)12(7-13)8-14/h3-6,9,12,14H,8H2,1-2H3. The van der Waals surface area contributed by atoms with Crippen LogP contribution in [0.5, 0.6) is 0 Å². The first-order valence-corrected chi connectivity index (χ1v) is 4.79. The van der Waals surface area contributed by atoms with Crippen molar-refractivity contribution in [2.24, 2.45) is 0 Å². The normalized spacial score (nSPS) is 12.5. The second kappa shape index (κ2) is 4.78. The van der Waals surface area contributed by atoms with Gasteiger partial charge in [0.25, 0.3) is 0 Å². The average molecular weight is 189 g/mol. The summed E-state index contributed by atoms with van der Waals surface area (Å²) >= 11 is 0. The van der Waals surface area contributed by atoms with Crippen LogP contribution in [0, 0.1) is 11.3 Å². The Morgan fingerprint density at radius 1 is 1.21 bits per heavy atom. The fraction of sp³-hybridized carbons (Fsp3) is 0.417. The Bertz CT molecular complexity index is 321. The van der Waals surface area contributed by atoms with Crippen LogP contribution in [0.3, 0.4) is 0 Å². The molecule has 0 aliphatic heterocycles. The summed E-state index contributed by atoms with van der Waals surface area (Å²) in [6.45, 7) is 4.14. The molecule has 74 valence electrons. The maximum Gasteiger partial charge on any atom is 0.0943 e. The molecule has 1 unspecified atom stereocenters. The van der Waals surface area contributed by atoms with Crippen molar-refractivity contribution in [3.05, 3.63) is 35.4 Å². The van der Waals surface area contributed by atoms with Crippen LogP contribution >= 0.6 is 0 Å². The Labute approximate surface area is 84.8 Å². The highest BCUT2D eigenvalue weighted by Crippen LogP contribution is 2.19. The molecule has 2 nitrogen and oxygen atoms in total. The summed E-state index contributed by atoms with van der Waals surface area (Å²) in [6.07, 6.45) is 0. The number of nitrogens with zero attached hydrogens (tertiary/aromatic N) is 1. The van der Waals surface area contributed by atoms with Crippen molar-refractivity contribution in [2.45, 2.75) is 25.7 Å². The molecule has 1 aromatic carbocycles. The van der Waals surface area contributed by atoms with Gasteiger partial charge in [0.15, 0.2) is 0 Å². The van der Waals surface area contributed by atoms with Crippen LogP contribution < -0.4 is 0 Å². The van der Waals surface area contributed by atoms with Gasteiger partial charge in [0, 0.05) is 0 Å². The van der Waals surface area contributed by atoms with E-state index in [1.54, 1.807) is 0 Å². The highest BCUT2D eigenvalue weighted by Gasteiger charge is 2.08. The zero-order valence-corrected chi connectivity index (χ0v) is 8.57. The first-order chi connectivity index (χ1) is 6.69. The highest BCUT2D eigenvalue weighted by molar-refractivity contribution is 5.30. The molecule has 0 amide bonds. The number of aliphatic hydroxyl groups is 1. The van der Waals surface area contributed by atoms with E-state index in [-0.39, 0.29) is 6.61 Å². The van der Waals surface area contributed by atoms with E-state index in [4.69, 9.17) is 10.4 Å². The number of benzene rings is 1. The average Bonchev–Trinajstić information content (AvgIpc) is 2.20. The lowest BCUT2D eigenvalue weighted by atomic mass is 9.96. The van der Waals surface area contributed by atoms with Crippen LogP contribution in [0.4, 0.5) is 0 Å². The Hall–Kier alpha value is -1.33. The predicted octanol–water partition coefficient (Wildman–Crippen LogP) is 2.41.